The summed E-state index contributed by atoms with van der Waals surface area (Å²) in [6, 6.07) is 13.2. The van der Waals surface area contributed by atoms with Crippen molar-refractivity contribution >= 4 is 17.3 Å². The van der Waals surface area contributed by atoms with E-state index in [-0.39, 0.29) is 6.08 Å². The third-order valence-electron chi connectivity index (χ3n) is 2.69. The van der Waals surface area contributed by atoms with Gasteiger partial charge in [-0.3, -0.25) is 0 Å². The zero-order chi connectivity index (χ0) is 14.8. The smallest absolute Gasteiger partial charge is 0.410 e. The first-order valence-corrected chi connectivity index (χ1v) is 6.39. The molecule has 3 rings (SSSR count). The zero-order valence-electron chi connectivity index (χ0n) is 10.7. The second-order valence-electron chi connectivity index (χ2n) is 4.19. The summed E-state index contributed by atoms with van der Waals surface area (Å²) in [5.74, 6) is -0.186. The molecule has 0 spiro atoms. The van der Waals surface area contributed by atoms with Gasteiger partial charge in [-0.2, -0.15) is 4.68 Å². The SMILES string of the molecule is Nc1ccc(-n2nc(Oc3ccc(Cl)cc3)oc2=O)cc1. The molecule has 0 saturated heterocycles. The minimum absolute atomic E-state index is 0.154. The quantitative estimate of drug-likeness (QED) is 0.752. The number of nitrogens with two attached hydrogens (primary N) is 1. The summed E-state index contributed by atoms with van der Waals surface area (Å²) in [7, 11) is 0. The molecule has 3 aromatic rings. The highest BCUT2D eigenvalue weighted by atomic mass is 35.5. The Kier molecular flexibility index (Phi) is 3.37. The molecule has 0 unspecified atom stereocenters. The first-order chi connectivity index (χ1) is 10.1. The monoisotopic (exact) mass is 303 g/mol. The van der Waals surface area contributed by atoms with Crippen LogP contribution in [-0.4, -0.2) is 9.78 Å². The van der Waals surface area contributed by atoms with Crippen LogP contribution in [-0.2, 0) is 0 Å². The van der Waals surface area contributed by atoms with Crippen LogP contribution in [0, 0.1) is 0 Å². The summed E-state index contributed by atoms with van der Waals surface area (Å²) in [4.78, 5) is 11.8. The minimum atomic E-state index is -0.649. The lowest BCUT2D eigenvalue weighted by Gasteiger charge is -2.00. The first-order valence-electron chi connectivity index (χ1n) is 6.01. The Balaban J connectivity index is 1.89. The molecule has 21 heavy (non-hydrogen) atoms. The molecule has 2 aromatic carbocycles. The van der Waals surface area contributed by atoms with Crippen LogP contribution in [0.25, 0.3) is 5.69 Å². The van der Waals surface area contributed by atoms with Gasteiger partial charge in [0, 0.05) is 10.7 Å². The number of benzene rings is 2. The Labute approximate surface area is 124 Å². The topological polar surface area (TPSA) is 83.3 Å². The molecule has 0 aliphatic heterocycles. The van der Waals surface area contributed by atoms with Crippen LogP contribution in [0.1, 0.15) is 0 Å². The Hall–Kier alpha value is -2.73. The number of rotatable bonds is 3. The molecule has 106 valence electrons. The Morgan fingerprint density at radius 2 is 1.76 bits per heavy atom. The van der Waals surface area contributed by atoms with E-state index in [2.05, 4.69) is 5.10 Å². The van der Waals surface area contributed by atoms with Gasteiger partial charge >= 0.3 is 11.8 Å². The van der Waals surface area contributed by atoms with Crippen molar-refractivity contribution in [2.24, 2.45) is 0 Å². The standard InChI is InChI=1S/C14H10ClN3O3/c15-9-1-7-12(8-2-9)20-13-17-18(14(19)21-13)11-5-3-10(16)4-6-11/h1-8H,16H2. The molecular formula is C14H10ClN3O3. The number of halogens is 1. The van der Waals surface area contributed by atoms with E-state index >= 15 is 0 Å². The maximum Gasteiger partial charge on any atom is 0.444 e. The van der Waals surface area contributed by atoms with Crippen molar-refractivity contribution in [3.63, 3.8) is 0 Å². The molecule has 6 nitrogen and oxygen atoms in total. The second-order valence-corrected chi connectivity index (χ2v) is 4.63. The van der Waals surface area contributed by atoms with Crippen LogP contribution in [0.4, 0.5) is 5.69 Å². The van der Waals surface area contributed by atoms with E-state index in [4.69, 9.17) is 26.5 Å². The average Bonchev–Trinajstić information content (AvgIpc) is 2.83. The average molecular weight is 304 g/mol. The van der Waals surface area contributed by atoms with E-state index in [9.17, 15) is 4.79 Å². The van der Waals surface area contributed by atoms with Crippen LogP contribution in [0.3, 0.4) is 0 Å². The molecule has 2 N–H and O–H groups in total. The third-order valence-corrected chi connectivity index (χ3v) is 2.94. The van der Waals surface area contributed by atoms with Gasteiger partial charge in [-0.1, -0.05) is 16.7 Å². The van der Waals surface area contributed by atoms with E-state index in [1.807, 2.05) is 0 Å². The van der Waals surface area contributed by atoms with Crippen LogP contribution in [0.5, 0.6) is 11.8 Å². The van der Waals surface area contributed by atoms with Crippen molar-refractivity contribution in [3.8, 4) is 17.5 Å². The van der Waals surface area contributed by atoms with Crippen molar-refractivity contribution in [3.05, 3.63) is 64.1 Å². The lowest BCUT2D eigenvalue weighted by molar-refractivity contribution is 0.320. The van der Waals surface area contributed by atoms with Gasteiger partial charge in [0.2, 0.25) is 0 Å². The van der Waals surface area contributed by atoms with Crippen LogP contribution in [0.2, 0.25) is 5.02 Å². The van der Waals surface area contributed by atoms with Gasteiger partial charge in [0.25, 0.3) is 0 Å². The zero-order valence-corrected chi connectivity index (χ0v) is 11.4. The van der Waals surface area contributed by atoms with Gasteiger partial charge in [0.05, 0.1) is 5.69 Å². The molecule has 7 heteroatoms. The van der Waals surface area contributed by atoms with Crippen molar-refractivity contribution in [1.29, 1.82) is 0 Å². The Morgan fingerprint density at radius 3 is 2.43 bits per heavy atom. The molecule has 1 heterocycles. The van der Waals surface area contributed by atoms with Gasteiger partial charge in [0.1, 0.15) is 5.75 Å². The van der Waals surface area contributed by atoms with Gasteiger partial charge < -0.3 is 14.9 Å². The normalized spacial score (nSPS) is 10.5. The van der Waals surface area contributed by atoms with Crippen LogP contribution in [0.15, 0.2) is 57.7 Å². The van der Waals surface area contributed by atoms with Gasteiger partial charge in [-0.15, -0.1) is 0 Å². The molecule has 0 aliphatic rings. The molecule has 0 atom stereocenters. The molecule has 0 amide bonds. The molecule has 0 bridgehead atoms. The van der Waals surface area contributed by atoms with E-state index in [0.717, 1.165) is 4.68 Å². The van der Waals surface area contributed by atoms with Crippen LogP contribution >= 0.6 is 11.6 Å². The van der Waals surface area contributed by atoms with E-state index < -0.39 is 5.76 Å². The molecule has 1 aromatic heterocycles. The van der Waals surface area contributed by atoms with Gasteiger partial charge in [-0.25, -0.2) is 4.79 Å². The second kappa shape index (κ2) is 5.34. The fourth-order valence-corrected chi connectivity index (χ4v) is 1.81. The highest BCUT2D eigenvalue weighted by molar-refractivity contribution is 6.30. The maximum atomic E-state index is 11.8. The molecule has 0 radical (unpaired) electrons. The van der Waals surface area contributed by atoms with E-state index in [1.54, 1.807) is 48.5 Å². The Morgan fingerprint density at radius 1 is 1.10 bits per heavy atom. The summed E-state index contributed by atoms with van der Waals surface area (Å²) in [5.41, 5.74) is 6.72. The van der Waals surface area contributed by atoms with Gasteiger partial charge in [0.15, 0.2) is 0 Å². The van der Waals surface area contributed by atoms with Gasteiger partial charge in [-0.05, 0) is 48.5 Å². The first kappa shape index (κ1) is 13.3. The number of aromatic nitrogens is 2. The van der Waals surface area contributed by atoms with E-state index in [0.29, 0.717) is 22.1 Å². The van der Waals surface area contributed by atoms with Crippen molar-refractivity contribution in [1.82, 2.24) is 9.78 Å². The maximum absolute atomic E-state index is 11.8. The summed E-state index contributed by atoms with van der Waals surface area (Å²) < 4.78 is 11.4. The predicted octanol–water partition coefficient (Wildman–Crippen LogP) is 2.85. The number of hydrogen-bond donors (Lipinski definition) is 1. The molecular weight excluding hydrogens is 294 g/mol. The number of nitrogens with zero attached hydrogens (tertiary/aromatic N) is 2. The lowest BCUT2D eigenvalue weighted by atomic mass is 10.3. The molecule has 0 fully saturated rings. The fraction of sp³-hybridized carbons (Fsp3) is 0. The Bertz CT molecular complexity index is 807. The highest BCUT2D eigenvalue weighted by Gasteiger charge is 2.11. The molecule has 0 saturated carbocycles. The summed E-state index contributed by atoms with van der Waals surface area (Å²) in [6.07, 6.45) is -0.154. The third kappa shape index (κ3) is 2.90. The number of hydrogen-bond acceptors (Lipinski definition) is 5. The largest absolute Gasteiger partial charge is 0.444 e. The number of nitrogen functional groups attached to an aromatic ring is 1. The van der Waals surface area contributed by atoms with Crippen molar-refractivity contribution in [2.45, 2.75) is 0 Å². The summed E-state index contributed by atoms with van der Waals surface area (Å²) >= 11 is 5.78. The lowest BCUT2D eigenvalue weighted by Crippen LogP contribution is -2.13. The summed E-state index contributed by atoms with van der Waals surface area (Å²) in [6.45, 7) is 0. The highest BCUT2D eigenvalue weighted by Crippen LogP contribution is 2.21. The van der Waals surface area contributed by atoms with Crippen molar-refractivity contribution in [2.75, 3.05) is 5.73 Å². The summed E-state index contributed by atoms with van der Waals surface area (Å²) in [5, 5.41) is 4.55. The fourth-order valence-electron chi connectivity index (χ4n) is 1.68. The van der Waals surface area contributed by atoms with Crippen molar-refractivity contribution < 1.29 is 9.15 Å². The molecule has 0 aliphatic carbocycles. The number of ether oxygens (including phenoxy) is 1. The van der Waals surface area contributed by atoms with Crippen LogP contribution < -0.4 is 16.2 Å². The predicted molar refractivity (Wildman–Crippen MR) is 78.0 cm³/mol. The minimum Gasteiger partial charge on any atom is -0.410 e. The van der Waals surface area contributed by atoms with E-state index in [1.165, 1.54) is 0 Å². The number of anilines is 1.